The molecular weight excluding hydrogens is 414 g/mol. The number of oxime groups is 1. The third-order valence-corrected chi connectivity index (χ3v) is 7.60. The summed E-state index contributed by atoms with van der Waals surface area (Å²) in [5.74, 6) is 0. The SMILES string of the molecule is CC(=NOCCCc1ccccc1)c1ccc(S(=O)(=O)N2CCC(N)(CO)CC2)cc1. The second-order valence-electron chi connectivity index (χ2n) is 8.05. The second kappa shape index (κ2) is 10.4. The van der Waals surface area contributed by atoms with Crippen molar-refractivity contribution in [1.29, 1.82) is 0 Å². The number of hydrogen-bond acceptors (Lipinski definition) is 6. The lowest BCUT2D eigenvalue weighted by Gasteiger charge is -2.37. The van der Waals surface area contributed by atoms with Gasteiger partial charge in [0.15, 0.2) is 0 Å². The van der Waals surface area contributed by atoms with E-state index in [1.54, 1.807) is 24.3 Å². The first-order valence-corrected chi connectivity index (χ1v) is 12.0. The molecule has 0 saturated carbocycles. The Kier molecular flexibility index (Phi) is 7.83. The molecule has 8 heteroatoms. The molecule has 0 aromatic heterocycles. The predicted molar refractivity (Wildman–Crippen MR) is 121 cm³/mol. The standard InChI is InChI=1S/C23H31N3O4S/c1-19(25-30-17-5-8-20-6-3-2-4-7-20)21-9-11-22(12-10-21)31(28,29)26-15-13-23(24,18-27)14-16-26/h2-4,6-7,9-12,27H,5,8,13-18,24H2,1H3. The molecule has 31 heavy (non-hydrogen) atoms. The maximum atomic E-state index is 12.9. The van der Waals surface area contributed by atoms with Crippen molar-refractivity contribution in [2.24, 2.45) is 10.9 Å². The number of nitrogens with two attached hydrogens (primary N) is 1. The summed E-state index contributed by atoms with van der Waals surface area (Å²) in [5, 5.41) is 13.5. The molecule has 0 atom stereocenters. The van der Waals surface area contributed by atoms with Crippen molar-refractivity contribution < 1.29 is 18.4 Å². The fourth-order valence-electron chi connectivity index (χ4n) is 3.53. The van der Waals surface area contributed by atoms with E-state index in [0.29, 0.717) is 38.2 Å². The Hall–Kier alpha value is -2.26. The Labute approximate surface area is 184 Å². The zero-order valence-corrected chi connectivity index (χ0v) is 18.7. The van der Waals surface area contributed by atoms with E-state index in [0.717, 1.165) is 18.4 Å². The molecule has 0 amide bonds. The number of rotatable bonds is 9. The lowest BCUT2D eigenvalue weighted by atomic mass is 9.91. The van der Waals surface area contributed by atoms with E-state index in [9.17, 15) is 13.5 Å². The number of aliphatic hydroxyl groups excluding tert-OH is 1. The van der Waals surface area contributed by atoms with E-state index >= 15 is 0 Å². The first-order valence-electron chi connectivity index (χ1n) is 10.5. The smallest absolute Gasteiger partial charge is 0.243 e. The number of aryl methyl sites for hydroxylation is 1. The van der Waals surface area contributed by atoms with Crippen molar-refractivity contribution in [2.75, 3.05) is 26.3 Å². The molecule has 2 aromatic rings. The van der Waals surface area contributed by atoms with Crippen molar-refractivity contribution in [3.8, 4) is 0 Å². The molecule has 168 valence electrons. The summed E-state index contributed by atoms with van der Waals surface area (Å²) in [6.07, 6.45) is 2.68. The third-order valence-electron chi connectivity index (χ3n) is 5.69. The van der Waals surface area contributed by atoms with Crippen LogP contribution in [0, 0.1) is 0 Å². The van der Waals surface area contributed by atoms with Crippen LogP contribution < -0.4 is 5.73 Å². The molecule has 1 heterocycles. The molecule has 0 aliphatic carbocycles. The van der Waals surface area contributed by atoms with Crippen molar-refractivity contribution in [3.63, 3.8) is 0 Å². The fraction of sp³-hybridized carbons (Fsp3) is 0.435. The molecule has 1 aliphatic rings. The number of nitrogens with zero attached hydrogens (tertiary/aromatic N) is 2. The molecule has 3 rings (SSSR count). The Balaban J connectivity index is 1.53. The van der Waals surface area contributed by atoms with Crippen molar-refractivity contribution in [3.05, 3.63) is 65.7 Å². The quantitative estimate of drug-likeness (QED) is 0.351. The molecule has 1 fully saturated rings. The van der Waals surface area contributed by atoms with Crippen LogP contribution in [-0.2, 0) is 21.3 Å². The molecular formula is C23H31N3O4S. The fourth-order valence-corrected chi connectivity index (χ4v) is 4.97. The van der Waals surface area contributed by atoms with Crippen LogP contribution in [0.2, 0.25) is 0 Å². The zero-order valence-electron chi connectivity index (χ0n) is 17.9. The van der Waals surface area contributed by atoms with Crippen LogP contribution in [0.15, 0.2) is 64.6 Å². The van der Waals surface area contributed by atoms with Gasteiger partial charge in [0, 0.05) is 18.6 Å². The van der Waals surface area contributed by atoms with Gasteiger partial charge in [-0.2, -0.15) is 4.31 Å². The van der Waals surface area contributed by atoms with E-state index in [2.05, 4.69) is 17.3 Å². The van der Waals surface area contributed by atoms with Crippen LogP contribution in [0.5, 0.6) is 0 Å². The minimum atomic E-state index is -3.59. The number of hydrogen-bond donors (Lipinski definition) is 2. The first-order chi connectivity index (χ1) is 14.8. The molecule has 0 unspecified atom stereocenters. The molecule has 3 N–H and O–H groups in total. The Morgan fingerprint density at radius 3 is 2.39 bits per heavy atom. The minimum absolute atomic E-state index is 0.136. The van der Waals surface area contributed by atoms with Crippen LogP contribution >= 0.6 is 0 Å². The molecule has 0 bridgehead atoms. The Bertz CT molecular complexity index is 968. The molecule has 2 aromatic carbocycles. The van der Waals surface area contributed by atoms with Crippen LogP contribution in [0.3, 0.4) is 0 Å². The lowest BCUT2D eigenvalue weighted by Crippen LogP contribution is -2.53. The Morgan fingerprint density at radius 1 is 1.13 bits per heavy atom. The van der Waals surface area contributed by atoms with Gasteiger partial charge >= 0.3 is 0 Å². The molecule has 0 radical (unpaired) electrons. The third kappa shape index (κ3) is 6.13. The molecule has 1 saturated heterocycles. The summed E-state index contributed by atoms with van der Waals surface area (Å²) in [7, 11) is -3.59. The highest BCUT2D eigenvalue weighted by atomic mass is 32.2. The first kappa shape index (κ1) is 23.4. The van der Waals surface area contributed by atoms with E-state index < -0.39 is 15.6 Å². The van der Waals surface area contributed by atoms with Gasteiger partial charge in [-0.05, 0) is 55.9 Å². The van der Waals surface area contributed by atoms with E-state index in [-0.39, 0.29) is 11.5 Å². The van der Waals surface area contributed by atoms with Gasteiger partial charge in [-0.3, -0.25) is 0 Å². The van der Waals surface area contributed by atoms with Crippen molar-refractivity contribution in [1.82, 2.24) is 4.31 Å². The zero-order chi connectivity index (χ0) is 22.3. The van der Waals surface area contributed by atoms with Gasteiger partial charge in [-0.25, -0.2) is 8.42 Å². The van der Waals surface area contributed by atoms with Gasteiger partial charge in [0.25, 0.3) is 0 Å². The van der Waals surface area contributed by atoms with Gasteiger partial charge < -0.3 is 15.7 Å². The average Bonchev–Trinajstić information content (AvgIpc) is 2.80. The highest BCUT2D eigenvalue weighted by Crippen LogP contribution is 2.25. The predicted octanol–water partition coefficient (Wildman–Crippen LogP) is 2.53. The lowest BCUT2D eigenvalue weighted by molar-refractivity contribution is 0.139. The highest BCUT2D eigenvalue weighted by molar-refractivity contribution is 7.89. The van der Waals surface area contributed by atoms with E-state index in [1.807, 2.05) is 25.1 Å². The van der Waals surface area contributed by atoms with Crippen LogP contribution in [0.1, 0.15) is 37.3 Å². The topological polar surface area (TPSA) is 105 Å². The summed E-state index contributed by atoms with van der Waals surface area (Å²) in [6, 6.07) is 16.9. The normalized spacial score (nSPS) is 17.5. The Morgan fingerprint density at radius 2 is 1.77 bits per heavy atom. The maximum absolute atomic E-state index is 12.9. The number of aliphatic hydroxyl groups is 1. The van der Waals surface area contributed by atoms with Crippen LogP contribution in [0.25, 0.3) is 0 Å². The van der Waals surface area contributed by atoms with Gasteiger partial charge in [-0.1, -0.05) is 47.6 Å². The van der Waals surface area contributed by atoms with Gasteiger partial charge in [0.05, 0.1) is 17.2 Å². The van der Waals surface area contributed by atoms with Crippen LogP contribution in [0.4, 0.5) is 0 Å². The van der Waals surface area contributed by atoms with Crippen molar-refractivity contribution >= 4 is 15.7 Å². The summed E-state index contributed by atoms with van der Waals surface area (Å²) in [6.45, 7) is 2.82. The van der Waals surface area contributed by atoms with E-state index in [4.69, 9.17) is 10.6 Å². The average molecular weight is 446 g/mol. The summed E-state index contributed by atoms with van der Waals surface area (Å²) < 4.78 is 27.2. The van der Waals surface area contributed by atoms with Crippen molar-refractivity contribution in [2.45, 2.75) is 43.0 Å². The monoisotopic (exact) mass is 445 g/mol. The van der Waals surface area contributed by atoms with Gasteiger partial charge in [-0.15, -0.1) is 0 Å². The molecule has 7 nitrogen and oxygen atoms in total. The maximum Gasteiger partial charge on any atom is 0.243 e. The van der Waals surface area contributed by atoms with Gasteiger partial charge in [0.1, 0.15) is 6.61 Å². The number of piperidine rings is 1. The molecule has 0 spiro atoms. The molecule has 1 aliphatic heterocycles. The highest BCUT2D eigenvalue weighted by Gasteiger charge is 2.35. The van der Waals surface area contributed by atoms with E-state index in [1.165, 1.54) is 9.87 Å². The number of sulfonamides is 1. The van der Waals surface area contributed by atoms with Gasteiger partial charge in [0.2, 0.25) is 10.0 Å². The largest absolute Gasteiger partial charge is 0.396 e. The second-order valence-corrected chi connectivity index (χ2v) is 9.99. The summed E-state index contributed by atoms with van der Waals surface area (Å²) in [4.78, 5) is 5.66. The summed E-state index contributed by atoms with van der Waals surface area (Å²) in [5.41, 5.74) is 8.13. The van der Waals surface area contributed by atoms with Crippen LogP contribution in [-0.4, -0.2) is 55.4 Å². The minimum Gasteiger partial charge on any atom is -0.396 e. The number of benzene rings is 2. The summed E-state index contributed by atoms with van der Waals surface area (Å²) >= 11 is 0.